The van der Waals surface area contributed by atoms with E-state index in [4.69, 9.17) is 4.74 Å². The molecule has 2 bridgehead atoms. The van der Waals surface area contributed by atoms with Gasteiger partial charge >= 0.3 is 0 Å². The highest BCUT2D eigenvalue weighted by molar-refractivity contribution is 7.90. The molecule has 46 heavy (non-hydrogen) atoms. The Bertz CT molecular complexity index is 1560. The molecule has 1 amide bonds. The van der Waals surface area contributed by atoms with Gasteiger partial charge in [0.25, 0.3) is 5.91 Å². The second-order valence-corrected chi connectivity index (χ2v) is 17.3. The van der Waals surface area contributed by atoms with Crippen molar-refractivity contribution in [3.63, 3.8) is 0 Å². The van der Waals surface area contributed by atoms with Gasteiger partial charge in [0.05, 0.1) is 23.1 Å². The van der Waals surface area contributed by atoms with Gasteiger partial charge in [-0.05, 0) is 126 Å². The molecule has 2 aliphatic carbocycles. The van der Waals surface area contributed by atoms with E-state index in [1.807, 2.05) is 19.1 Å². The summed E-state index contributed by atoms with van der Waals surface area (Å²) in [6.07, 6.45) is 7.94. The fourth-order valence-electron chi connectivity index (χ4n) is 8.66. The summed E-state index contributed by atoms with van der Waals surface area (Å²) in [5.41, 5.74) is 4.12. The first-order chi connectivity index (χ1) is 21.8. The Hall–Kier alpha value is -2.62. The Kier molecular flexibility index (Phi) is 9.24. The van der Waals surface area contributed by atoms with Crippen LogP contribution in [-0.4, -0.2) is 75.5 Å². The molecule has 2 heterocycles. The molecular weight excluding hydrogens is 598 g/mol. The van der Waals surface area contributed by atoms with Crippen molar-refractivity contribution in [3.05, 3.63) is 58.7 Å². The number of hydrogen-bond acceptors (Lipinski definition) is 7. The van der Waals surface area contributed by atoms with Crippen LogP contribution < -0.4 is 14.4 Å². The second kappa shape index (κ2) is 12.8. The number of aryl methyl sites for hydroxylation is 2. The quantitative estimate of drug-likeness (QED) is 0.456. The lowest BCUT2D eigenvalue weighted by Crippen LogP contribution is -2.53. The number of nitrogens with one attached hydrogen (secondary N) is 1. The maximum absolute atomic E-state index is 13.5. The molecule has 0 radical (unpaired) electrons. The molecule has 2 aliphatic heterocycles. The molecule has 6 rings (SSSR count). The van der Waals surface area contributed by atoms with Crippen LogP contribution in [0.15, 0.2) is 36.4 Å². The third kappa shape index (κ3) is 6.44. The van der Waals surface area contributed by atoms with E-state index in [1.165, 1.54) is 16.7 Å². The smallest absolute Gasteiger partial charge is 0.264 e. The van der Waals surface area contributed by atoms with Gasteiger partial charge in [0.2, 0.25) is 10.0 Å². The Labute approximate surface area is 275 Å². The van der Waals surface area contributed by atoms with Gasteiger partial charge in [-0.2, -0.15) is 0 Å². The number of carbonyl (C=O) groups is 1. The van der Waals surface area contributed by atoms with Gasteiger partial charge in [0, 0.05) is 30.6 Å². The van der Waals surface area contributed by atoms with Crippen LogP contribution in [-0.2, 0) is 21.9 Å². The van der Waals surface area contributed by atoms with E-state index < -0.39 is 26.8 Å². The zero-order valence-corrected chi connectivity index (χ0v) is 29.2. The van der Waals surface area contributed by atoms with E-state index in [2.05, 4.69) is 53.7 Å². The molecule has 2 aromatic carbocycles. The zero-order valence-electron chi connectivity index (χ0n) is 28.3. The van der Waals surface area contributed by atoms with Crippen LogP contribution in [0.4, 0.5) is 5.69 Å². The van der Waals surface area contributed by atoms with Gasteiger partial charge in [0.15, 0.2) is 0 Å². The van der Waals surface area contributed by atoms with Gasteiger partial charge in [-0.3, -0.25) is 4.79 Å². The molecule has 6 atom stereocenters. The SMILES string of the molecule is Cc1ccc2c(c1)CCC[C@]21COc2ccc3cc2N(C[C@@H]2CC[C@H]2[C@@](O)(CCN(C)C)CCC[C@H](C)[C@@H](C)S(=O)(=O)NC3=O)C1. The summed E-state index contributed by atoms with van der Waals surface area (Å²) in [4.78, 5) is 18.0. The van der Waals surface area contributed by atoms with E-state index in [0.29, 0.717) is 37.4 Å². The third-order valence-electron chi connectivity index (χ3n) is 11.8. The minimum absolute atomic E-state index is 0.160. The first-order valence-corrected chi connectivity index (χ1v) is 18.9. The highest BCUT2D eigenvalue weighted by atomic mass is 32.2. The molecular formula is C37H53N3O5S. The van der Waals surface area contributed by atoms with Crippen LogP contribution in [0.3, 0.4) is 0 Å². The molecule has 0 saturated heterocycles. The maximum atomic E-state index is 13.5. The van der Waals surface area contributed by atoms with E-state index >= 15 is 0 Å². The standard InChI is InChI=1S/C37H53N3O5S/c1-25-10-13-31-28(20-25)9-7-16-36(31)23-40-22-30-11-14-32(30)37(42,18-19-39(4)5)17-6-8-26(2)27(3)46(43,44)38-35(41)29-12-15-34(45-24-36)33(40)21-29/h10,12-13,15,20-21,26-27,30,32,42H,6-9,11,14,16-19,22-24H2,1-5H3,(H,38,41)/t26-,27+,30-,32+,36-,37-/m0/s1. The topological polar surface area (TPSA) is 99.2 Å². The van der Waals surface area contributed by atoms with E-state index in [-0.39, 0.29) is 17.3 Å². The van der Waals surface area contributed by atoms with Gasteiger partial charge < -0.3 is 19.6 Å². The normalized spacial score (nSPS) is 32.8. The number of fused-ring (bicyclic) bond motifs is 4. The number of nitrogens with zero attached hydrogens (tertiary/aromatic N) is 2. The van der Waals surface area contributed by atoms with Crippen molar-refractivity contribution in [2.75, 3.05) is 45.2 Å². The number of anilines is 1. The van der Waals surface area contributed by atoms with E-state index in [9.17, 15) is 18.3 Å². The highest BCUT2D eigenvalue weighted by Gasteiger charge is 2.48. The zero-order chi connectivity index (χ0) is 32.9. The summed E-state index contributed by atoms with van der Waals surface area (Å²) < 4.78 is 35.8. The molecule has 1 spiro atoms. The van der Waals surface area contributed by atoms with Crippen molar-refractivity contribution in [3.8, 4) is 5.75 Å². The fraction of sp³-hybridized carbons (Fsp3) is 0.649. The molecule has 4 aliphatic rings. The average Bonchev–Trinajstić information content (AvgIpc) is 3.14. The van der Waals surface area contributed by atoms with Crippen LogP contribution in [0, 0.1) is 24.7 Å². The van der Waals surface area contributed by atoms with Crippen molar-refractivity contribution in [1.29, 1.82) is 0 Å². The minimum atomic E-state index is -3.91. The maximum Gasteiger partial charge on any atom is 0.264 e. The first-order valence-electron chi connectivity index (χ1n) is 17.4. The lowest BCUT2D eigenvalue weighted by Gasteiger charge is -2.50. The summed E-state index contributed by atoms with van der Waals surface area (Å²) >= 11 is 0. The first kappa shape index (κ1) is 33.3. The van der Waals surface area contributed by atoms with Crippen LogP contribution in [0.5, 0.6) is 5.75 Å². The third-order valence-corrected chi connectivity index (χ3v) is 13.8. The Morgan fingerprint density at radius 3 is 2.61 bits per heavy atom. The molecule has 1 fully saturated rings. The predicted molar refractivity (Wildman–Crippen MR) is 183 cm³/mol. The minimum Gasteiger partial charge on any atom is -0.490 e. The number of sulfonamides is 1. The molecule has 8 nitrogen and oxygen atoms in total. The molecule has 2 N–H and O–H groups in total. The van der Waals surface area contributed by atoms with Crippen LogP contribution in [0.2, 0.25) is 0 Å². The van der Waals surface area contributed by atoms with Crippen molar-refractivity contribution in [2.45, 2.75) is 94.8 Å². The number of benzene rings is 2. The van der Waals surface area contributed by atoms with Crippen LogP contribution in [0.25, 0.3) is 0 Å². The number of carbonyl (C=O) groups excluding carboxylic acids is 1. The summed E-state index contributed by atoms with van der Waals surface area (Å²) in [7, 11) is 0.192. The lowest BCUT2D eigenvalue weighted by atomic mass is 9.62. The molecule has 9 heteroatoms. The molecule has 2 aromatic rings. The summed E-state index contributed by atoms with van der Waals surface area (Å²) in [5, 5.41) is 11.6. The monoisotopic (exact) mass is 651 g/mol. The van der Waals surface area contributed by atoms with Crippen molar-refractivity contribution >= 4 is 21.6 Å². The lowest BCUT2D eigenvalue weighted by molar-refractivity contribution is -0.0963. The summed E-state index contributed by atoms with van der Waals surface area (Å²) in [6, 6.07) is 12.2. The average molecular weight is 652 g/mol. The number of hydrogen-bond donors (Lipinski definition) is 2. The second-order valence-electron chi connectivity index (χ2n) is 15.3. The van der Waals surface area contributed by atoms with Crippen molar-refractivity contribution in [2.24, 2.45) is 17.8 Å². The number of rotatable bonds is 3. The number of aliphatic hydroxyl groups is 1. The van der Waals surface area contributed by atoms with E-state index in [1.54, 1.807) is 13.0 Å². The number of ether oxygens (including phenoxy) is 1. The molecule has 0 unspecified atom stereocenters. The highest BCUT2D eigenvalue weighted by Crippen LogP contribution is 2.49. The van der Waals surface area contributed by atoms with Crippen LogP contribution >= 0.6 is 0 Å². The molecule has 1 saturated carbocycles. The summed E-state index contributed by atoms with van der Waals surface area (Å²) in [5.74, 6) is 0.414. The fourth-order valence-corrected chi connectivity index (χ4v) is 9.97. The van der Waals surface area contributed by atoms with Gasteiger partial charge in [-0.25, -0.2) is 13.1 Å². The molecule has 0 aromatic heterocycles. The predicted octanol–water partition coefficient (Wildman–Crippen LogP) is 5.45. The number of amides is 1. The van der Waals surface area contributed by atoms with Gasteiger partial charge in [-0.1, -0.05) is 37.1 Å². The molecule has 252 valence electrons. The van der Waals surface area contributed by atoms with Gasteiger partial charge in [0.1, 0.15) is 5.75 Å². The largest absolute Gasteiger partial charge is 0.490 e. The Morgan fingerprint density at radius 2 is 1.87 bits per heavy atom. The van der Waals surface area contributed by atoms with E-state index in [0.717, 1.165) is 69.6 Å². The Morgan fingerprint density at radius 1 is 1.07 bits per heavy atom. The van der Waals surface area contributed by atoms with Crippen LogP contribution in [0.1, 0.15) is 92.3 Å². The summed E-state index contributed by atoms with van der Waals surface area (Å²) in [6.45, 7) is 8.60. The van der Waals surface area contributed by atoms with Crippen molar-refractivity contribution < 1.29 is 23.1 Å². The van der Waals surface area contributed by atoms with Gasteiger partial charge in [-0.15, -0.1) is 0 Å². The van der Waals surface area contributed by atoms with Crippen molar-refractivity contribution in [1.82, 2.24) is 9.62 Å². The Balaban J connectivity index is 1.43.